The zero-order valence-corrected chi connectivity index (χ0v) is 9.27. The highest BCUT2D eigenvalue weighted by molar-refractivity contribution is 7.93. The Hall–Kier alpha value is -1.56. The molecule has 0 saturated heterocycles. The van der Waals surface area contributed by atoms with Gasteiger partial charge >= 0.3 is 5.97 Å². The maximum absolute atomic E-state index is 11.8. The third-order valence-corrected chi connectivity index (χ3v) is 4.15. The maximum Gasteiger partial charge on any atom is 0.320 e. The molecule has 16 heavy (non-hydrogen) atoms. The zero-order valence-electron chi connectivity index (χ0n) is 8.46. The molecule has 6 heteroatoms. The molecule has 1 N–H and O–H groups in total. The standard InChI is InChI=1S/C10H11NO4S/c12-10(13)7-16(14,15)11-6-5-8-3-1-2-4-9(8)11/h1-4H,5-7H2,(H,12,13). The Morgan fingerprint density at radius 3 is 2.75 bits per heavy atom. The lowest BCUT2D eigenvalue weighted by molar-refractivity contribution is -0.134. The van der Waals surface area contributed by atoms with Gasteiger partial charge in [-0.1, -0.05) is 18.2 Å². The molecule has 0 saturated carbocycles. The maximum atomic E-state index is 11.8. The second kappa shape index (κ2) is 3.79. The van der Waals surface area contributed by atoms with Crippen LogP contribution in [-0.2, 0) is 21.2 Å². The van der Waals surface area contributed by atoms with Crippen LogP contribution in [0.15, 0.2) is 24.3 Å². The van der Waals surface area contributed by atoms with E-state index in [-0.39, 0.29) is 0 Å². The minimum absolute atomic E-state index is 0.328. The monoisotopic (exact) mass is 241 g/mol. The van der Waals surface area contributed by atoms with Crippen molar-refractivity contribution in [1.29, 1.82) is 0 Å². The van der Waals surface area contributed by atoms with Gasteiger partial charge in [-0.15, -0.1) is 0 Å². The first kappa shape index (κ1) is 10.9. The van der Waals surface area contributed by atoms with Crippen LogP contribution in [0.1, 0.15) is 5.56 Å². The molecule has 0 unspecified atom stereocenters. The highest BCUT2D eigenvalue weighted by Gasteiger charge is 2.30. The molecule has 2 rings (SSSR count). The van der Waals surface area contributed by atoms with E-state index in [1.807, 2.05) is 12.1 Å². The van der Waals surface area contributed by atoms with Crippen molar-refractivity contribution < 1.29 is 18.3 Å². The second-order valence-corrected chi connectivity index (χ2v) is 5.49. The summed E-state index contributed by atoms with van der Waals surface area (Å²) in [5.41, 5.74) is 1.54. The number of carboxylic acids is 1. The SMILES string of the molecule is O=C(O)CS(=O)(=O)N1CCc2ccccc21. The van der Waals surface area contributed by atoms with E-state index < -0.39 is 21.7 Å². The third kappa shape index (κ3) is 1.88. The Morgan fingerprint density at radius 1 is 1.38 bits per heavy atom. The molecule has 0 atom stereocenters. The number of nitrogens with zero attached hydrogens (tertiary/aromatic N) is 1. The third-order valence-electron chi connectivity index (χ3n) is 2.49. The van der Waals surface area contributed by atoms with Crippen LogP contribution in [-0.4, -0.2) is 31.8 Å². The van der Waals surface area contributed by atoms with Gasteiger partial charge in [0.25, 0.3) is 0 Å². The summed E-state index contributed by atoms with van der Waals surface area (Å²) in [7, 11) is -3.74. The summed E-state index contributed by atoms with van der Waals surface area (Å²) in [5, 5.41) is 8.55. The van der Waals surface area contributed by atoms with Crippen molar-refractivity contribution >= 4 is 21.7 Å². The summed E-state index contributed by atoms with van der Waals surface area (Å²) in [5.74, 6) is -2.19. The predicted molar refractivity (Wildman–Crippen MR) is 58.9 cm³/mol. The minimum atomic E-state index is -3.74. The largest absolute Gasteiger partial charge is 0.480 e. The minimum Gasteiger partial charge on any atom is -0.480 e. The molecule has 0 aliphatic carbocycles. The van der Waals surface area contributed by atoms with Crippen molar-refractivity contribution in [3.63, 3.8) is 0 Å². The Bertz CT molecular complexity index is 523. The number of rotatable bonds is 3. The molecule has 1 aromatic rings. The summed E-state index contributed by atoms with van der Waals surface area (Å²) in [6.45, 7) is 0.328. The zero-order chi connectivity index (χ0) is 11.8. The van der Waals surface area contributed by atoms with Gasteiger partial charge in [-0.05, 0) is 18.1 Å². The first-order valence-corrected chi connectivity index (χ1v) is 6.42. The number of aliphatic carboxylic acids is 1. The lowest BCUT2D eigenvalue weighted by Crippen LogP contribution is -2.34. The molecule has 1 aliphatic heterocycles. The van der Waals surface area contributed by atoms with E-state index in [1.165, 1.54) is 4.31 Å². The first-order valence-electron chi connectivity index (χ1n) is 4.81. The highest BCUT2D eigenvalue weighted by atomic mass is 32.2. The average Bonchev–Trinajstić information content (AvgIpc) is 2.59. The first-order chi connectivity index (χ1) is 7.50. The van der Waals surface area contributed by atoms with Gasteiger partial charge < -0.3 is 5.11 Å². The fourth-order valence-corrected chi connectivity index (χ4v) is 3.15. The van der Waals surface area contributed by atoms with Crippen LogP contribution in [0.2, 0.25) is 0 Å². The highest BCUT2D eigenvalue weighted by Crippen LogP contribution is 2.29. The Labute approximate surface area is 93.4 Å². The van der Waals surface area contributed by atoms with Gasteiger partial charge in [-0.25, -0.2) is 8.42 Å². The quantitative estimate of drug-likeness (QED) is 0.834. The molecule has 5 nitrogen and oxygen atoms in total. The van der Waals surface area contributed by atoms with Gasteiger partial charge in [0.1, 0.15) is 0 Å². The molecule has 0 amide bonds. The molecule has 0 bridgehead atoms. The van der Waals surface area contributed by atoms with Crippen molar-refractivity contribution in [3.8, 4) is 0 Å². The van der Waals surface area contributed by atoms with Crippen LogP contribution >= 0.6 is 0 Å². The van der Waals surface area contributed by atoms with Gasteiger partial charge in [-0.2, -0.15) is 0 Å². The Balaban J connectivity index is 2.35. The summed E-state index contributed by atoms with van der Waals surface area (Å²) < 4.78 is 24.7. The van der Waals surface area contributed by atoms with Crippen molar-refractivity contribution in [1.82, 2.24) is 0 Å². The van der Waals surface area contributed by atoms with Gasteiger partial charge in [0.05, 0.1) is 5.69 Å². The summed E-state index contributed by atoms with van der Waals surface area (Å²) >= 11 is 0. The molecule has 86 valence electrons. The van der Waals surface area contributed by atoms with Crippen LogP contribution in [0.3, 0.4) is 0 Å². The number of para-hydroxylation sites is 1. The number of sulfonamides is 1. The van der Waals surface area contributed by atoms with Crippen LogP contribution in [0.5, 0.6) is 0 Å². The van der Waals surface area contributed by atoms with Gasteiger partial charge in [0.15, 0.2) is 5.75 Å². The van der Waals surface area contributed by atoms with E-state index in [4.69, 9.17) is 5.11 Å². The number of benzene rings is 1. The number of hydrogen-bond donors (Lipinski definition) is 1. The fraction of sp³-hybridized carbons (Fsp3) is 0.300. The molecular weight excluding hydrogens is 230 g/mol. The molecule has 0 aromatic heterocycles. The van der Waals surface area contributed by atoms with E-state index in [0.29, 0.717) is 18.7 Å². The van der Waals surface area contributed by atoms with Gasteiger partial charge in [0, 0.05) is 6.54 Å². The van der Waals surface area contributed by atoms with Crippen LogP contribution in [0.4, 0.5) is 5.69 Å². The average molecular weight is 241 g/mol. The van der Waals surface area contributed by atoms with E-state index >= 15 is 0 Å². The van der Waals surface area contributed by atoms with Gasteiger partial charge in [0.2, 0.25) is 10.0 Å². The molecule has 0 radical (unpaired) electrons. The second-order valence-electron chi connectivity index (χ2n) is 3.60. The Kier molecular flexibility index (Phi) is 2.59. The molecule has 1 aromatic carbocycles. The van der Waals surface area contributed by atoms with Crippen molar-refractivity contribution in [2.75, 3.05) is 16.6 Å². The summed E-state index contributed by atoms with van der Waals surface area (Å²) in [6.07, 6.45) is 0.634. The molecule has 0 fully saturated rings. The van der Waals surface area contributed by atoms with E-state index in [0.717, 1.165) is 5.56 Å². The van der Waals surface area contributed by atoms with E-state index in [9.17, 15) is 13.2 Å². The van der Waals surface area contributed by atoms with Gasteiger partial charge in [-0.3, -0.25) is 9.10 Å². The van der Waals surface area contributed by atoms with E-state index in [1.54, 1.807) is 12.1 Å². The summed E-state index contributed by atoms with van der Waals surface area (Å²) in [4.78, 5) is 10.5. The molecule has 1 aliphatic rings. The smallest absolute Gasteiger partial charge is 0.320 e. The summed E-state index contributed by atoms with van der Waals surface area (Å²) in [6, 6.07) is 7.13. The molecular formula is C10H11NO4S. The Morgan fingerprint density at radius 2 is 2.06 bits per heavy atom. The van der Waals surface area contributed by atoms with Crippen LogP contribution in [0, 0.1) is 0 Å². The fourth-order valence-electron chi connectivity index (χ4n) is 1.83. The number of carbonyl (C=O) groups is 1. The van der Waals surface area contributed by atoms with Crippen molar-refractivity contribution in [3.05, 3.63) is 29.8 Å². The lowest BCUT2D eigenvalue weighted by Gasteiger charge is -2.17. The molecule has 0 spiro atoms. The molecule has 1 heterocycles. The van der Waals surface area contributed by atoms with E-state index in [2.05, 4.69) is 0 Å². The normalized spacial score (nSPS) is 14.9. The predicted octanol–water partition coefficient (Wildman–Crippen LogP) is 0.464. The van der Waals surface area contributed by atoms with Crippen LogP contribution < -0.4 is 4.31 Å². The lowest BCUT2D eigenvalue weighted by atomic mass is 10.2. The number of fused-ring (bicyclic) bond motifs is 1. The van der Waals surface area contributed by atoms with Crippen LogP contribution in [0.25, 0.3) is 0 Å². The number of anilines is 1. The topological polar surface area (TPSA) is 74.7 Å². The van der Waals surface area contributed by atoms with Crippen molar-refractivity contribution in [2.45, 2.75) is 6.42 Å². The number of hydrogen-bond acceptors (Lipinski definition) is 3. The number of carboxylic acid groups (broad SMARTS) is 1. The van der Waals surface area contributed by atoms with Crippen molar-refractivity contribution in [2.24, 2.45) is 0 Å².